The van der Waals surface area contributed by atoms with Crippen molar-refractivity contribution in [2.75, 3.05) is 0 Å². The van der Waals surface area contributed by atoms with Crippen molar-refractivity contribution in [3.8, 4) is 0 Å². The van der Waals surface area contributed by atoms with Crippen LogP contribution in [0.1, 0.15) is 283 Å². The zero-order chi connectivity index (χ0) is 40.0. The van der Waals surface area contributed by atoms with Gasteiger partial charge >= 0.3 is 11.9 Å². The first-order valence-corrected chi connectivity index (χ1v) is 26.3. The standard InChI is InChI=1S/C53H94O4/c54-52(55)51(48-43-35-27-19-11-4-12-20-28-36-44-48)57-53(56)50(47-41-33-25-17-9-3-10-18-26-34-42-47)49(45-37-29-21-13-5-1-6-14-22-30-38-45)46-39-31-23-15-7-2-8-16-24-32-40-46/h45-48,51H,1-44H2,(H,54,55). The topological polar surface area (TPSA) is 63.6 Å². The molecule has 0 saturated heterocycles. The number of ether oxygens (including phenoxy) is 1. The molecule has 4 fully saturated rings. The highest BCUT2D eigenvalue weighted by molar-refractivity contribution is 5.92. The van der Waals surface area contributed by atoms with E-state index in [0.717, 1.165) is 56.9 Å². The van der Waals surface area contributed by atoms with E-state index in [2.05, 4.69) is 0 Å². The van der Waals surface area contributed by atoms with Gasteiger partial charge in [-0.05, 0) is 69.1 Å². The maximum absolute atomic E-state index is 15.6. The van der Waals surface area contributed by atoms with Gasteiger partial charge in [0, 0.05) is 11.5 Å². The van der Waals surface area contributed by atoms with Gasteiger partial charge in [0.15, 0.2) is 0 Å². The van der Waals surface area contributed by atoms with Crippen molar-refractivity contribution in [3.63, 3.8) is 0 Å². The summed E-state index contributed by atoms with van der Waals surface area (Å²) in [4.78, 5) is 29.0. The van der Waals surface area contributed by atoms with Crippen molar-refractivity contribution in [3.05, 3.63) is 11.1 Å². The molecular weight excluding hydrogens is 701 g/mol. The molecule has 0 radical (unpaired) electrons. The number of hydrogen-bond acceptors (Lipinski definition) is 3. The predicted molar refractivity (Wildman–Crippen MR) is 242 cm³/mol. The number of carboxylic acids is 1. The second-order valence-electron chi connectivity index (χ2n) is 19.9. The third kappa shape index (κ3) is 20.2. The molecule has 330 valence electrons. The zero-order valence-corrected chi connectivity index (χ0v) is 37.7. The van der Waals surface area contributed by atoms with Gasteiger partial charge in [-0.25, -0.2) is 9.59 Å². The fourth-order valence-corrected chi connectivity index (χ4v) is 11.7. The van der Waals surface area contributed by atoms with Gasteiger partial charge < -0.3 is 9.84 Å². The first kappa shape index (κ1) is 48.3. The molecule has 0 aliphatic heterocycles. The molecule has 0 aromatic heterocycles. The molecule has 4 aliphatic rings. The summed E-state index contributed by atoms with van der Waals surface area (Å²) >= 11 is 0. The Hall–Kier alpha value is -1.32. The molecule has 4 heteroatoms. The fourth-order valence-electron chi connectivity index (χ4n) is 11.7. The molecule has 0 amide bonds. The van der Waals surface area contributed by atoms with Crippen LogP contribution in [0, 0.1) is 23.7 Å². The van der Waals surface area contributed by atoms with Gasteiger partial charge in [-0.15, -0.1) is 0 Å². The van der Waals surface area contributed by atoms with Gasteiger partial charge in [0.2, 0.25) is 6.10 Å². The first-order chi connectivity index (χ1) is 28.1. The lowest BCUT2D eigenvalue weighted by Gasteiger charge is -2.35. The van der Waals surface area contributed by atoms with Crippen molar-refractivity contribution >= 4 is 11.9 Å². The minimum absolute atomic E-state index is 0.0884. The molecule has 0 bridgehead atoms. The van der Waals surface area contributed by atoms with Crippen molar-refractivity contribution in [1.29, 1.82) is 0 Å². The Morgan fingerprint density at radius 2 is 0.561 bits per heavy atom. The molecule has 4 aliphatic carbocycles. The maximum Gasteiger partial charge on any atom is 0.345 e. The number of carboxylic acid groups (broad SMARTS) is 1. The summed E-state index contributed by atoms with van der Waals surface area (Å²) in [7, 11) is 0. The third-order valence-corrected chi connectivity index (χ3v) is 15.2. The van der Waals surface area contributed by atoms with Crippen LogP contribution in [-0.2, 0) is 14.3 Å². The molecule has 1 N–H and O–H groups in total. The van der Waals surface area contributed by atoms with Crippen LogP contribution in [0.5, 0.6) is 0 Å². The summed E-state index contributed by atoms with van der Waals surface area (Å²) in [5.41, 5.74) is 2.54. The second kappa shape index (κ2) is 31.5. The minimum Gasteiger partial charge on any atom is -0.478 e. The number of rotatable bonds is 7. The van der Waals surface area contributed by atoms with Crippen LogP contribution in [0.3, 0.4) is 0 Å². The Morgan fingerprint density at radius 1 is 0.333 bits per heavy atom. The van der Waals surface area contributed by atoms with E-state index in [1.807, 2.05) is 0 Å². The van der Waals surface area contributed by atoms with E-state index in [9.17, 15) is 9.90 Å². The monoisotopic (exact) mass is 795 g/mol. The van der Waals surface area contributed by atoms with Gasteiger partial charge in [0.1, 0.15) is 0 Å². The third-order valence-electron chi connectivity index (χ3n) is 15.2. The molecule has 1 unspecified atom stereocenters. The molecule has 0 aromatic rings. The fraction of sp³-hybridized carbons (Fsp3) is 0.925. The molecule has 0 aromatic carbocycles. The van der Waals surface area contributed by atoms with E-state index in [1.165, 1.54) is 237 Å². The van der Waals surface area contributed by atoms with E-state index < -0.39 is 12.1 Å². The van der Waals surface area contributed by atoms with Crippen LogP contribution in [-0.4, -0.2) is 23.1 Å². The Bertz CT molecular complexity index is 983. The van der Waals surface area contributed by atoms with Crippen LogP contribution in [0.4, 0.5) is 0 Å². The number of esters is 1. The van der Waals surface area contributed by atoms with Crippen molar-refractivity contribution < 1.29 is 19.4 Å². The highest BCUT2D eigenvalue weighted by Crippen LogP contribution is 2.43. The summed E-state index contributed by atoms with van der Waals surface area (Å²) in [5, 5.41) is 11.0. The molecular formula is C53H94O4. The number of carbonyl (C=O) groups excluding carboxylic acids is 1. The average Bonchev–Trinajstić information content (AvgIpc) is 3.18. The van der Waals surface area contributed by atoms with Gasteiger partial charge in [-0.1, -0.05) is 237 Å². The van der Waals surface area contributed by atoms with Gasteiger partial charge in [-0.3, -0.25) is 0 Å². The predicted octanol–water partition coefficient (Wildman–Crippen LogP) is 17.0. The summed E-state index contributed by atoms with van der Waals surface area (Å²) in [5.74, 6) is -0.142. The Morgan fingerprint density at radius 3 is 0.825 bits per heavy atom. The lowest BCUT2D eigenvalue weighted by molar-refractivity contribution is -0.166. The molecule has 57 heavy (non-hydrogen) atoms. The number of carbonyl (C=O) groups is 2. The molecule has 0 spiro atoms. The summed E-state index contributed by atoms with van der Waals surface area (Å²) in [6, 6.07) is 0. The van der Waals surface area contributed by atoms with Gasteiger partial charge in [-0.2, -0.15) is 0 Å². The highest BCUT2D eigenvalue weighted by Gasteiger charge is 2.38. The van der Waals surface area contributed by atoms with Crippen LogP contribution < -0.4 is 0 Å². The second-order valence-corrected chi connectivity index (χ2v) is 19.9. The summed E-state index contributed by atoms with van der Waals surface area (Å²) < 4.78 is 6.70. The van der Waals surface area contributed by atoms with Crippen LogP contribution in [0.2, 0.25) is 0 Å². The minimum atomic E-state index is -1.03. The normalized spacial score (nSPS) is 24.8. The molecule has 0 heterocycles. The van der Waals surface area contributed by atoms with Crippen molar-refractivity contribution in [2.45, 2.75) is 289 Å². The quantitative estimate of drug-likeness (QED) is 0.206. The summed E-state index contributed by atoms with van der Waals surface area (Å²) in [6.45, 7) is 0. The molecule has 4 rings (SSSR count). The lowest BCUT2D eigenvalue weighted by Crippen LogP contribution is -2.37. The smallest absolute Gasteiger partial charge is 0.345 e. The van der Waals surface area contributed by atoms with Gasteiger partial charge in [0.05, 0.1) is 0 Å². The SMILES string of the molecule is O=C(OC(C(=O)O)C1CCCCCCCCCCC1)C(=C(C1CCCCCCCCCCC1)C1CCCCCCCCCCC1)C1CCCCCCCCCCC1. The Labute approximate surface area is 353 Å². The van der Waals surface area contributed by atoms with Crippen LogP contribution in [0.15, 0.2) is 11.1 Å². The largest absolute Gasteiger partial charge is 0.478 e. The number of allylic oxidation sites excluding steroid dienone is 1. The first-order valence-electron chi connectivity index (χ1n) is 26.3. The van der Waals surface area contributed by atoms with E-state index >= 15 is 4.79 Å². The Balaban J connectivity index is 1.80. The Kier molecular flexibility index (Phi) is 26.8. The van der Waals surface area contributed by atoms with E-state index in [0.29, 0.717) is 11.8 Å². The zero-order valence-electron chi connectivity index (χ0n) is 37.7. The van der Waals surface area contributed by atoms with E-state index in [4.69, 9.17) is 4.74 Å². The highest BCUT2D eigenvalue weighted by atomic mass is 16.6. The van der Waals surface area contributed by atoms with Crippen LogP contribution in [0.25, 0.3) is 0 Å². The number of aliphatic carboxylic acids is 1. The van der Waals surface area contributed by atoms with Crippen molar-refractivity contribution in [1.82, 2.24) is 0 Å². The lowest BCUT2D eigenvalue weighted by atomic mass is 9.71. The molecule has 4 saturated carbocycles. The molecule has 1 atom stereocenters. The van der Waals surface area contributed by atoms with E-state index in [-0.39, 0.29) is 17.8 Å². The maximum atomic E-state index is 15.6. The number of hydrogen-bond donors (Lipinski definition) is 1. The summed E-state index contributed by atoms with van der Waals surface area (Å²) in [6.07, 6.45) is 53.8. The van der Waals surface area contributed by atoms with E-state index in [1.54, 1.807) is 0 Å². The van der Waals surface area contributed by atoms with Crippen LogP contribution >= 0.6 is 0 Å². The molecule has 4 nitrogen and oxygen atoms in total. The average molecular weight is 795 g/mol. The van der Waals surface area contributed by atoms with Gasteiger partial charge in [0.25, 0.3) is 0 Å². The van der Waals surface area contributed by atoms with Crippen molar-refractivity contribution in [2.24, 2.45) is 23.7 Å².